The Kier molecular flexibility index (Phi) is 64.6. The number of aliphatic hydroxyl groups is 2. The highest BCUT2D eigenvalue weighted by molar-refractivity contribution is 5.18. The summed E-state index contributed by atoms with van der Waals surface area (Å²) in [5, 5.41) is 18.3. The second-order valence-corrected chi connectivity index (χ2v) is 5.95. The van der Waals surface area contributed by atoms with Crippen molar-refractivity contribution < 1.29 is 19.7 Å². The van der Waals surface area contributed by atoms with Gasteiger partial charge in [0.15, 0.2) is 0 Å². The van der Waals surface area contributed by atoms with Crippen LogP contribution >= 0.6 is 0 Å². The number of ether oxygens (including phenoxy) is 2. The fourth-order valence-corrected chi connectivity index (χ4v) is 1.54. The molecule has 0 rings (SSSR count). The van der Waals surface area contributed by atoms with Gasteiger partial charge in [-0.05, 0) is 57.8 Å². The van der Waals surface area contributed by atoms with Gasteiger partial charge in [-0.3, -0.25) is 0 Å². The molecule has 0 saturated carbocycles. The molecule has 4 heteroatoms. The molecular formula is C29H60O4. The summed E-state index contributed by atoms with van der Waals surface area (Å²) in [5.41, 5.74) is 1.89. The summed E-state index contributed by atoms with van der Waals surface area (Å²) >= 11 is 0. The van der Waals surface area contributed by atoms with Crippen LogP contribution in [-0.2, 0) is 9.47 Å². The minimum Gasteiger partial charge on any atom is -0.513 e. The smallest absolute Gasteiger partial charge is 0.108 e. The molecule has 0 aromatic rings. The van der Waals surface area contributed by atoms with Crippen LogP contribution in [0.15, 0.2) is 60.0 Å². The number of aliphatic hydroxyl groups excluding tert-OH is 2. The Morgan fingerprint density at radius 1 is 0.909 bits per heavy atom. The molecule has 2 N–H and O–H groups in total. The van der Waals surface area contributed by atoms with Crippen molar-refractivity contribution in [3.05, 3.63) is 60.0 Å². The van der Waals surface area contributed by atoms with Gasteiger partial charge in [0.05, 0.1) is 18.3 Å². The molecule has 4 nitrogen and oxygen atoms in total. The lowest BCUT2D eigenvalue weighted by atomic mass is 10.0. The first kappa shape index (κ1) is 44.7. The van der Waals surface area contributed by atoms with E-state index in [-0.39, 0.29) is 5.76 Å². The highest BCUT2D eigenvalue weighted by atomic mass is 16.5. The van der Waals surface area contributed by atoms with Crippen LogP contribution in [0.4, 0.5) is 0 Å². The van der Waals surface area contributed by atoms with Crippen LogP contribution in [-0.4, -0.2) is 23.9 Å². The molecule has 0 spiro atoms. The van der Waals surface area contributed by atoms with Gasteiger partial charge in [-0.1, -0.05) is 93.4 Å². The van der Waals surface area contributed by atoms with Crippen molar-refractivity contribution in [1.29, 1.82) is 0 Å². The van der Waals surface area contributed by atoms with Gasteiger partial charge in [0.25, 0.3) is 0 Å². The van der Waals surface area contributed by atoms with Crippen LogP contribution in [0.1, 0.15) is 115 Å². The van der Waals surface area contributed by atoms with Crippen LogP contribution in [0.5, 0.6) is 0 Å². The Labute approximate surface area is 208 Å². The van der Waals surface area contributed by atoms with Crippen LogP contribution in [0.3, 0.4) is 0 Å². The lowest BCUT2D eigenvalue weighted by molar-refractivity contribution is 0.215. The van der Waals surface area contributed by atoms with Crippen molar-refractivity contribution in [2.75, 3.05) is 13.7 Å². The van der Waals surface area contributed by atoms with Gasteiger partial charge in [0.2, 0.25) is 0 Å². The van der Waals surface area contributed by atoms with E-state index in [0.29, 0.717) is 18.6 Å². The quantitative estimate of drug-likeness (QED) is 0.245. The molecule has 0 fully saturated rings. The summed E-state index contributed by atoms with van der Waals surface area (Å²) in [6.45, 7) is 28.0. The van der Waals surface area contributed by atoms with Gasteiger partial charge in [-0.15, -0.1) is 0 Å². The molecule has 0 unspecified atom stereocenters. The molecule has 0 bridgehead atoms. The van der Waals surface area contributed by atoms with Gasteiger partial charge in [-0.25, -0.2) is 0 Å². The highest BCUT2D eigenvalue weighted by Gasteiger charge is 2.01. The number of rotatable bonds is 10. The highest BCUT2D eigenvalue weighted by Crippen LogP contribution is 2.17. The number of allylic oxidation sites excluding steroid dienone is 6. The first-order chi connectivity index (χ1) is 15.8. The molecule has 0 saturated heterocycles. The monoisotopic (exact) mass is 472 g/mol. The average Bonchev–Trinajstić information content (AvgIpc) is 2.83. The Hall–Kier alpha value is -1.94. The molecule has 0 heterocycles. The first-order valence-corrected chi connectivity index (χ1v) is 12.6. The summed E-state index contributed by atoms with van der Waals surface area (Å²) in [6, 6.07) is 0. The van der Waals surface area contributed by atoms with Crippen molar-refractivity contribution in [3.63, 3.8) is 0 Å². The summed E-state index contributed by atoms with van der Waals surface area (Å²) in [6.07, 6.45) is 13.7. The predicted octanol–water partition coefficient (Wildman–Crippen LogP) is 10.6. The molecule has 0 radical (unpaired) electrons. The van der Waals surface area contributed by atoms with E-state index in [1.54, 1.807) is 38.7 Å². The van der Waals surface area contributed by atoms with Gasteiger partial charge in [0, 0.05) is 13.7 Å². The minimum atomic E-state index is 0.0225. The number of hydrogen-bond donors (Lipinski definition) is 2. The lowest BCUT2D eigenvalue weighted by Gasteiger charge is -2.06. The Bertz CT molecular complexity index is 450. The van der Waals surface area contributed by atoms with E-state index in [2.05, 4.69) is 25.2 Å². The van der Waals surface area contributed by atoms with Crippen molar-refractivity contribution in [2.24, 2.45) is 0 Å². The standard InChI is InChI=1S/C15H22O3.C5H12.C3H8O.3C2H6/c1-5-9-18-11-15(8-6-7-13(3)16)10-12(2)14(4)17;1-3-5-4-2;1-3-4-2;3*1-2/h5-7,9,11,16-17H,3,8,10H2,1-2,4H3;3-5H2,1-2H3;3H2,1-2H3;3*1-2H3/b7-6-,9-5+,14-12-,15-11-;;;;;. The second-order valence-electron chi connectivity index (χ2n) is 5.95. The number of hydrogen-bond acceptors (Lipinski definition) is 4. The molecule has 0 aliphatic carbocycles. The van der Waals surface area contributed by atoms with E-state index in [9.17, 15) is 5.11 Å². The van der Waals surface area contributed by atoms with Crippen LogP contribution in [0.25, 0.3) is 0 Å². The lowest BCUT2D eigenvalue weighted by Crippen LogP contribution is -1.89. The molecule has 33 heavy (non-hydrogen) atoms. The van der Waals surface area contributed by atoms with Crippen molar-refractivity contribution >= 4 is 0 Å². The molecule has 0 aliphatic rings. The zero-order valence-electron chi connectivity index (χ0n) is 24.5. The molecule has 0 atom stereocenters. The van der Waals surface area contributed by atoms with Gasteiger partial charge < -0.3 is 19.7 Å². The van der Waals surface area contributed by atoms with Gasteiger partial charge in [-0.2, -0.15) is 0 Å². The van der Waals surface area contributed by atoms with E-state index >= 15 is 0 Å². The van der Waals surface area contributed by atoms with E-state index < -0.39 is 0 Å². The Morgan fingerprint density at radius 3 is 1.64 bits per heavy atom. The minimum absolute atomic E-state index is 0.0225. The summed E-state index contributed by atoms with van der Waals surface area (Å²) in [5.74, 6) is 0.344. The summed E-state index contributed by atoms with van der Waals surface area (Å²) in [7, 11) is 1.68. The Morgan fingerprint density at radius 2 is 1.36 bits per heavy atom. The summed E-state index contributed by atoms with van der Waals surface area (Å²) in [4.78, 5) is 0. The average molecular weight is 473 g/mol. The second kappa shape index (κ2) is 47.7. The summed E-state index contributed by atoms with van der Waals surface area (Å²) < 4.78 is 9.76. The normalized spacial score (nSPS) is 10.4. The molecule has 0 amide bonds. The molecule has 0 aromatic heterocycles. The third-order valence-electron chi connectivity index (χ3n) is 3.25. The van der Waals surface area contributed by atoms with E-state index in [4.69, 9.17) is 9.84 Å². The van der Waals surface area contributed by atoms with Gasteiger partial charge >= 0.3 is 0 Å². The predicted molar refractivity (Wildman–Crippen MR) is 152 cm³/mol. The van der Waals surface area contributed by atoms with Crippen LogP contribution < -0.4 is 0 Å². The first-order valence-electron chi connectivity index (χ1n) is 12.6. The zero-order valence-corrected chi connectivity index (χ0v) is 24.5. The topological polar surface area (TPSA) is 58.9 Å². The fraction of sp³-hybridized carbons (Fsp3) is 0.655. The number of unbranched alkanes of at least 4 members (excludes halogenated alkanes) is 2. The largest absolute Gasteiger partial charge is 0.513 e. The van der Waals surface area contributed by atoms with E-state index in [1.165, 1.54) is 25.3 Å². The van der Waals surface area contributed by atoms with E-state index in [1.807, 2.05) is 62.3 Å². The maximum absolute atomic E-state index is 9.38. The van der Waals surface area contributed by atoms with E-state index in [0.717, 1.165) is 17.8 Å². The van der Waals surface area contributed by atoms with Crippen molar-refractivity contribution in [1.82, 2.24) is 0 Å². The molecule has 0 aromatic carbocycles. The molecule has 0 aliphatic heterocycles. The fourth-order valence-electron chi connectivity index (χ4n) is 1.54. The van der Waals surface area contributed by atoms with Crippen molar-refractivity contribution in [3.8, 4) is 0 Å². The molecule has 200 valence electrons. The maximum atomic E-state index is 9.38. The molecular weight excluding hydrogens is 412 g/mol. The zero-order chi connectivity index (χ0) is 27.5. The van der Waals surface area contributed by atoms with Crippen LogP contribution in [0, 0.1) is 0 Å². The third-order valence-corrected chi connectivity index (χ3v) is 3.25. The van der Waals surface area contributed by atoms with Crippen molar-refractivity contribution in [2.45, 2.75) is 115 Å². The Balaban J connectivity index is -0.0000000997. The SMILES string of the molecule is C=C(O)/C=C\C/C(=C/O/C=C/C)C/C(C)=C(/C)O.CC.CC.CC.CCCCC.CCOC. The third kappa shape index (κ3) is 58.8. The van der Waals surface area contributed by atoms with Gasteiger partial charge in [0.1, 0.15) is 5.76 Å². The maximum Gasteiger partial charge on any atom is 0.108 e. The van der Waals surface area contributed by atoms with Crippen LogP contribution in [0.2, 0.25) is 0 Å². The number of methoxy groups -OCH3 is 1.